The third kappa shape index (κ3) is 4.73. The van der Waals surface area contributed by atoms with Gasteiger partial charge in [-0.1, -0.05) is 11.5 Å². The molecule has 17 heavy (non-hydrogen) atoms. The predicted octanol–water partition coefficient (Wildman–Crippen LogP) is 1.02. The van der Waals surface area contributed by atoms with Crippen LogP contribution in [0.4, 0.5) is 14.5 Å². The molecule has 7 nitrogen and oxygen atoms in total. The molecule has 0 radical (unpaired) electrons. The Morgan fingerprint density at radius 3 is 2.88 bits per heavy atom. The first-order valence-electron chi connectivity index (χ1n) is 4.27. The Bertz CT molecular complexity index is 439. The van der Waals surface area contributed by atoms with Crippen LogP contribution in [-0.2, 0) is 0 Å². The van der Waals surface area contributed by atoms with Gasteiger partial charge in [-0.15, -0.1) is 0 Å². The van der Waals surface area contributed by atoms with Crippen LogP contribution in [0.5, 0.6) is 5.75 Å². The lowest BCUT2D eigenvalue weighted by Gasteiger charge is -2.04. The Morgan fingerprint density at radius 2 is 2.29 bits per heavy atom. The quantitative estimate of drug-likeness (QED) is 0.357. The molecular weight excluding hydrogens is 238 g/mol. The SMILES string of the molecule is NC(=Nc1cccc(OC(F)F)c1)N[N+](=O)[O-]. The lowest BCUT2D eigenvalue weighted by atomic mass is 10.3. The highest BCUT2D eigenvalue weighted by Gasteiger charge is 2.05. The Labute approximate surface area is 94.0 Å². The summed E-state index contributed by atoms with van der Waals surface area (Å²) in [4.78, 5) is 13.6. The van der Waals surface area contributed by atoms with Gasteiger partial charge in [-0.2, -0.15) is 8.78 Å². The molecule has 0 aliphatic heterocycles. The van der Waals surface area contributed by atoms with Gasteiger partial charge in [0.1, 0.15) is 5.75 Å². The lowest BCUT2D eigenvalue weighted by molar-refractivity contribution is -0.525. The summed E-state index contributed by atoms with van der Waals surface area (Å²) in [6, 6.07) is 5.28. The van der Waals surface area contributed by atoms with Gasteiger partial charge in [0.05, 0.1) is 5.69 Å². The van der Waals surface area contributed by atoms with E-state index in [4.69, 9.17) is 5.73 Å². The molecule has 0 atom stereocenters. The fourth-order valence-electron chi connectivity index (χ4n) is 0.987. The molecule has 0 saturated carbocycles. The van der Waals surface area contributed by atoms with Crippen molar-refractivity contribution in [3.05, 3.63) is 34.4 Å². The van der Waals surface area contributed by atoms with Crippen LogP contribution in [-0.4, -0.2) is 17.6 Å². The third-order valence-corrected chi connectivity index (χ3v) is 1.50. The maximum absolute atomic E-state index is 11.9. The van der Waals surface area contributed by atoms with E-state index in [0.717, 1.165) is 0 Å². The second-order valence-electron chi connectivity index (χ2n) is 2.74. The minimum atomic E-state index is -2.96. The van der Waals surface area contributed by atoms with Gasteiger partial charge in [0, 0.05) is 6.07 Å². The molecule has 0 bridgehead atoms. The van der Waals surface area contributed by atoms with E-state index in [-0.39, 0.29) is 11.4 Å². The number of benzene rings is 1. The predicted molar refractivity (Wildman–Crippen MR) is 54.5 cm³/mol. The van der Waals surface area contributed by atoms with E-state index in [1.807, 2.05) is 0 Å². The van der Waals surface area contributed by atoms with E-state index >= 15 is 0 Å². The fourth-order valence-corrected chi connectivity index (χ4v) is 0.987. The zero-order valence-electron chi connectivity index (χ0n) is 8.34. The first kappa shape index (κ1) is 12.6. The van der Waals surface area contributed by atoms with Crippen molar-refractivity contribution in [2.24, 2.45) is 10.7 Å². The first-order chi connectivity index (χ1) is 7.97. The monoisotopic (exact) mass is 246 g/mol. The number of hydrogen-bond donors (Lipinski definition) is 2. The fraction of sp³-hybridized carbons (Fsp3) is 0.125. The number of nitrogens with two attached hydrogens (primary N) is 1. The Morgan fingerprint density at radius 1 is 1.59 bits per heavy atom. The summed E-state index contributed by atoms with van der Waals surface area (Å²) in [6.45, 7) is -2.96. The molecule has 0 fully saturated rings. The first-order valence-corrected chi connectivity index (χ1v) is 4.27. The maximum Gasteiger partial charge on any atom is 0.387 e. The van der Waals surface area contributed by atoms with Crippen molar-refractivity contribution >= 4 is 11.6 Å². The number of nitro groups is 1. The molecule has 0 aliphatic rings. The van der Waals surface area contributed by atoms with E-state index in [0.29, 0.717) is 0 Å². The Hall–Kier alpha value is -2.45. The van der Waals surface area contributed by atoms with E-state index in [1.165, 1.54) is 24.3 Å². The molecule has 0 aliphatic carbocycles. The number of hydrazine groups is 1. The highest BCUT2D eigenvalue weighted by Crippen LogP contribution is 2.21. The number of nitrogens with zero attached hydrogens (tertiary/aromatic N) is 2. The topological polar surface area (TPSA) is 103 Å². The van der Waals surface area contributed by atoms with Crippen LogP contribution in [0.15, 0.2) is 29.3 Å². The van der Waals surface area contributed by atoms with Crippen molar-refractivity contribution in [1.29, 1.82) is 0 Å². The number of guanidine groups is 1. The summed E-state index contributed by atoms with van der Waals surface area (Å²) in [5, 5.41) is 9.13. The number of halogens is 2. The molecule has 0 saturated heterocycles. The van der Waals surface area contributed by atoms with Crippen LogP contribution in [0.2, 0.25) is 0 Å². The molecule has 1 rings (SSSR count). The number of rotatable bonds is 4. The van der Waals surface area contributed by atoms with Crippen LogP contribution < -0.4 is 15.9 Å². The molecule has 9 heteroatoms. The maximum atomic E-state index is 11.9. The number of aliphatic imine (C=N–C) groups is 1. The van der Waals surface area contributed by atoms with Crippen molar-refractivity contribution < 1.29 is 18.6 Å². The lowest BCUT2D eigenvalue weighted by Crippen LogP contribution is -2.35. The second kappa shape index (κ2) is 5.58. The van der Waals surface area contributed by atoms with Crippen LogP contribution in [0, 0.1) is 10.1 Å². The minimum absolute atomic E-state index is 0.116. The highest BCUT2D eigenvalue weighted by atomic mass is 19.3. The van der Waals surface area contributed by atoms with Gasteiger partial charge in [-0.25, -0.2) is 15.1 Å². The summed E-state index contributed by atoms with van der Waals surface area (Å²) < 4.78 is 27.9. The van der Waals surface area contributed by atoms with Gasteiger partial charge in [0.15, 0.2) is 5.03 Å². The molecule has 0 spiro atoms. The number of hydrogen-bond acceptors (Lipinski definition) is 4. The van der Waals surface area contributed by atoms with Crippen molar-refractivity contribution in [1.82, 2.24) is 5.43 Å². The molecule has 92 valence electrons. The van der Waals surface area contributed by atoms with Crippen LogP contribution in [0.3, 0.4) is 0 Å². The molecule has 0 aromatic heterocycles. The Balaban J connectivity index is 2.81. The van der Waals surface area contributed by atoms with Crippen LogP contribution in [0.25, 0.3) is 0 Å². The average molecular weight is 246 g/mol. The van der Waals surface area contributed by atoms with Gasteiger partial charge in [-0.3, -0.25) is 0 Å². The zero-order chi connectivity index (χ0) is 12.8. The molecule has 1 aromatic rings. The normalized spacial score (nSPS) is 11.4. The van der Waals surface area contributed by atoms with Crippen LogP contribution >= 0.6 is 0 Å². The van der Waals surface area contributed by atoms with Crippen molar-refractivity contribution in [2.75, 3.05) is 0 Å². The summed E-state index contributed by atoms with van der Waals surface area (Å²) in [7, 11) is 0. The van der Waals surface area contributed by atoms with Gasteiger partial charge in [0.25, 0.3) is 5.96 Å². The summed E-state index contributed by atoms with van der Waals surface area (Å²) in [5.74, 6) is -0.584. The van der Waals surface area contributed by atoms with Gasteiger partial charge in [-0.05, 0) is 12.1 Å². The molecule has 1 aromatic carbocycles. The number of alkyl halides is 2. The van der Waals surface area contributed by atoms with Gasteiger partial charge >= 0.3 is 6.61 Å². The van der Waals surface area contributed by atoms with Gasteiger partial charge < -0.3 is 10.5 Å². The van der Waals surface area contributed by atoms with Crippen LogP contribution in [0.1, 0.15) is 0 Å². The zero-order valence-corrected chi connectivity index (χ0v) is 8.34. The van der Waals surface area contributed by atoms with E-state index in [2.05, 4.69) is 9.73 Å². The average Bonchev–Trinajstić information content (AvgIpc) is 2.14. The van der Waals surface area contributed by atoms with Gasteiger partial charge in [0.2, 0.25) is 0 Å². The van der Waals surface area contributed by atoms with E-state index < -0.39 is 17.6 Å². The summed E-state index contributed by atoms with van der Waals surface area (Å²) in [6.07, 6.45) is 0. The second-order valence-corrected chi connectivity index (χ2v) is 2.74. The van der Waals surface area contributed by atoms with Crippen molar-refractivity contribution in [2.45, 2.75) is 6.61 Å². The van der Waals surface area contributed by atoms with Crippen molar-refractivity contribution in [3.8, 4) is 5.75 Å². The van der Waals surface area contributed by atoms with E-state index in [1.54, 1.807) is 5.43 Å². The standard InChI is InChI=1S/C8H8F2N4O3/c9-7(10)17-6-3-1-2-5(4-6)12-8(11)13-14(15)16/h1-4,7H,(H3,11,12,13). The minimum Gasteiger partial charge on any atom is -0.435 e. The summed E-state index contributed by atoms with van der Waals surface area (Å²) in [5.41, 5.74) is 6.93. The highest BCUT2D eigenvalue weighted by molar-refractivity contribution is 5.79. The molecule has 0 heterocycles. The third-order valence-electron chi connectivity index (χ3n) is 1.50. The molecular formula is C8H8F2N4O3. The van der Waals surface area contributed by atoms with Crippen molar-refractivity contribution in [3.63, 3.8) is 0 Å². The molecule has 0 amide bonds. The Kier molecular flexibility index (Phi) is 4.14. The smallest absolute Gasteiger partial charge is 0.387 e. The number of nitrogens with one attached hydrogen (secondary N) is 1. The summed E-state index contributed by atoms with van der Waals surface area (Å²) >= 11 is 0. The number of ether oxygens (including phenoxy) is 1. The molecule has 3 N–H and O–H groups in total. The largest absolute Gasteiger partial charge is 0.435 e. The van der Waals surface area contributed by atoms with E-state index in [9.17, 15) is 18.9 Å². The molecule has 0 unspecified atom stereocenters.